The van der Waals surface area contributed by atoms with Crippen LogP contribution >= 0.6 is 0 Å². The number of alkyl carbamates (subject to hydrolysis) is 1. The first-order valence-electron chi connectivity index (χ1n) is 8.05. The van der Waals surface area contributed by atoms with Crippen LogP contribution in [0.5, 0.6) is 0 Å². The van der Waals surface area contributed by atoms with Gasteiger partial charge < -0.3 is 15.4 Å². The van der Waals surface area contributed by atoms with Gasteiger partial charge in [0.05, 0.1) is 0 Å². The number of amides is 1. The van der Waals surface area contributed by atoms with Gasteiger partial charge in [0.25, 0.3) is 0 Å². The number of rotatable bonds is 5. The predicted molar refractivity (Wildman–Crippen MR) is 82.9 cm³/mol. The van der Waals surface area contributed by atoms with Gasteiger partial charge in [-0.3, -0.25) is 0 Å². The van der Waals surface area contributed by atoms with E-state index in [1.165, 1.54) is 19.3 Å². The van der Waals surface area contributed by atoms with Crippen molar-refractivity contribution in [3.05, 3.63) is 0 Å². The van der Waals surface area contributed by atoms with Gasteiger partial charge in [0, 0.05) is 18.1 Å². The Bertz CT molecular complexity index is 299. The lowest BCUT2D eigenvalue weighted by Crippen LogP contribution is -2.47. The van der Waals surface area contributed by atoms with Crippen LogP contribution in [0.4, 0.5) is 4.79 Å². The molecule has 0 aromatic heterocycles. The first kappa shape index (κ1) is 17.3. The van der Waals surface area contributed by atoms with E-state index in [-0.39, 0.29) is 12.1 Å². The number of hydrogen-bond donors (Lipinski definition) is 2. The second-order valence-corrected chi connectivity index (χ2v) is 7.06. The molecular weight excluding hydrogens is 252 g/mol. The third kappa shape index (κ3) is 7.13. The molecule has 118 valence electrons. The van der Waals surface area contributed by atoms with Crippen LogP contribution in [0.3, 0.4) is 0 Å². The summed E-state index contributed by atoms with van der Waals surface area (Å²) in [6, 6.07) is 1.32. The molecule has 3 atom stereocenters. The molecule has 1 amide bonds. The molecular formula is C16H32N2O2. The van der Waals surface area contributed by atoms with Crippen LogP contribution in [0.15, 0.2) is 0 Å². The van der Waals surface area contributed by atoms with Gasteiger partial charge in [-0.1, -0.05) is 13.3 Å². The lowest BCUT2D eigenvalue weighted by molar-refractivity contribution is 0.0488. The van der Waals surface area contributed by atoms with E-state index in [1.54, 1.807) is 0 Å². The highest BCUT2D eigenvalue weighted by Gasteiger charge is 2.25. The Morgan fingerprint density at radius 3 is 2.55 bits per heavy atom. The van der Waals surface area contributed by atoms with E-state index >= 15 is 0 Å². The summed E-state index contributed by atoms with van der Waals surface area (Å²) in [6.45, 7) is 10.1. The third-order valence-corrected chi connectivity index (χ3v) is 3.64. The monoisotopic (exact) mass is 284 g/mol. The van der Waals surface area contributed by atoms with Gasteiger partial charge in [-0.2, -0.15) is 0 Å². The minimum Gasteiger partial charge on any atom is -0.444 e. The Morgan fingerprint density at radius 1 is 1.30 bits per heavy atom. The van der Waals surface area contributed by atoms with Crippen LogP contribution in [-0.4, -0.2) is 29.8 Å². The van der Waals surface area contributed by atoms with Crippen LogP contribution in [0, 0.1) is 0 Å². The maximum Gasteiger partial charge on any atom is 0.407 e. The molecule has 0 aromatic rings. The Hall–Kier alpha value is -0.770. The molecule has 0 aromatic carbocycles. The largest absolute Gasteiger partial charge is 0.444 e. The zero-order valence-corrected chi connectivity index (χ0v) is 13.8. The average molecular weight is 284 g/mol. The summed E-state index contributed by atoms with van der Waals surface area (Å²) < 4.78 is 5.32. The van der Waals surface area contributed by atoms with Crippen molar-refractivity contribution in [1.82, 2.24) is 10.6 Å². The first-order chi connectivity index (χ1) is 9.30. The summed E-state index contributed by atoms with van der Waals surface area (Å²) in [5.41, 5.74) is -0.425. The van der Waals surface area contributed by atoms with Gasteiger partial charge in [-0.25, -0.2) is 4.79 Å². The Kier molecular flexibility index (Phi) is 6.80. The van der Waals surface area contributed by atoms with Crippen molar-refractivity contribution >= 4 is 6.09 Å². The lowest BCUT2D eigenvalue weighted by Gasteiger charge is -2.32. The predicted octanol–water partition coefficient (Wildman–Crippen LogP) is 3.60. The van der Waals surface area contributed by atoms with Gasteiger partial charge in [0.2, 0.25) is 0 Å². The van der Waals surface area contributed by atoms with Crippen molar-refractivity contribution < 1.29 is 9.53 Å². The topological polar surface area (TPSA) is 50.4 Å². The van der Waals surface area contributed by atoms with Gasteiger partial charge in [-0.15, -0.1) is 0 Å². The molecule has 3 unspecified atom stereocenters. The minimum atomic E-state index is -0.425. The SMILES string of the molecule is CCCC(C)NC1CCCC(NC(=O)OC(C)(C)C)C1. The van der Waals surface area contributed by atoms with Crippen molar-refractivity contribution in [2.75, 3.05) is 0 Å². The van der Waals surface area contributed by atoms with Gasteiger partial charge in [0.15, 0.2) is 0 Å². The second kappa shape index (κ2) is 7.87. The van der Waals surface area contributed by atoms with Crippen LogP contribution in [0.1, 0.15) is 73.1 Å². The quantitative estimate of drug-likeness (QED) is 0.811. The summed E-state index contributed by atoms with van der Waals surface area (Å²) >= 11 is 0. The second-order valence-electron chi connectivity index (χ2n) is 7.06. The molecule has 1 rings (SSSR count). The van der Waals surface area contributed by atoms with Gasteiger partial charge in [-0.05, 0) is 59.8 Å². The smallest absolute Gasteiger partial charge is 0.407 e. The number of ether oxygens (including phenoxy) is 1. The third-order valence-electron chi connectivity index (χ3n) is 3.64. The Morgan fingerprint density at radius 2 is 1.95 bits per heavy atom. The molecule has 1 aliphatic carbocycles. The van der Waals surface area contributed by atoms with E-state index in [1.807, 2.05) is 20.8 Å². The molecule has 0 aliphatic heterocycles. The molecule has 0 radical (unpaired) electrons. The van der Waals surface area contributed by atoms with E-state index in [0.29, 0.717) is 12.1 Å². The Labute approximate surface area is 124 Å². The minimum absolute atomic E-state index is 0.241. The average Bonchev–Trinajstić information content (AvgIpc) is 2.26. The van der Waals surface area contributed by atoms with Gasteiger partial charge >= 0.3 is 6.09 Å². The highest BCUT2D eigenvalue weighted by atomic mass is 16.6. The zero-order valence-electron chi connectivity index (χ0n) is 13.8. The normalized spacial score (nSPS) is 25.1. The number of carbonyl (C=O) groups is 1. The van der Waals surface area contributed by atoms with Crippen LogP contribution in [0.2, 0.25) is 0 Å². The summed E-state index contributed by atoms with van der Waals surface area (Å²) in [5, 5.41) is 6.69. The molecule has 0 saturated heterocycles. The zero-order chi connectivity index (χ0) is 15.2. The molecule has 2 N–H and O–H groups in total. The lowest BCUT2D eigenvalue weighted by atomic mass is 9.90. The molecule has 4 nitrogen and oxygen atoms in total. The molecule has 4 heteroatoms. The molecule has 0 spiro atoms. The van der Waals surface area contributed by atoms with Crippen LogP contribution < -0.4 is 10.6 Å². The van der Waals surface area contributed by atoms with E-state index in [9.17, 15) is 4.79 Å². The van der Waals surface area contributed by atoms with E-state index in [0.717, 1.165) is 19.3 Å². The standard InChI is InChI=1S/C16H32N2O2/c1-6-8-12(2)17-13-9-7-10-14(11-13)18-15(19)20-16(3,4)5/h12-14,17H,6-11H2,1-5H3,(H,18,19). The highest BCUT2D eigenvalue weighted by Crippen LogP contribution is 2.20. The van der Waals surface area contributed by atoms with Gasteiger partial charge in [0.1, 0.15) is 5.60 Å². The molecule has 0 bridgehead atoms. The molecule has 0 heterocycles. The molecule has 20 heavy (non-hydrogen) atoms. The fourth-order valence-corrected chi connectivity index (χ4v) is 2.87. The van der Waals surface area contributed by atoms with E-state index in [2.05, 4.69) is 24.5 Å². The van der Waals surface area contributed by atoms with Crippen molar-refractivity contribution in [2.24, 2.45) is 0 Å². The maximum absolute atomic E-state index is 11.8. The van der Waals surface area contributed by atoms with Crippen LogP contribution in [-0.2, 0) is 4.74 Å². The van der Waals surface area contributed by atoms with Crippen molar-refractivity contribution in [3.8, 4) is 0 Å². The summed E-state index contributed by atoms with van der Waals surface area (Å²) in [4.78, 5) is 11.8. The van der Waals surface area contributed by atoms with E-state index < -0.39 is 5.60 Å². The maximum atomic E-state index is 11.8. The molecule has 1 fully saturated rings. The fraction of sp³-hybridized carbons (Fsp3) is 0.938. The molecule has 1 aliphatic rings. The number of hydrogen-bond acceptors (Lipinski definition) is 3. The fourth-order valence-electron chi connectivity index (χ4n) is 2.87. The van der Waals surface area contributed by atoms with Crippen molar-refractivity contribution in [1.29, 1.82) is 0 Å². The number of carbonyl (C=O) groups excluding carboxylic acids is 1. The van der Waals surface area contributed by atoms with Crippen LogP contribution in [0.25, 0.3) is 0 Å². The summed E-state index contributed by atoms with van der Waals surface area (Å²) in [5.74, 6) is 0. The summed E-state index contributed by atoms with van der Waals surface area (Å²) in [6.07, 6.45) is 6.57. The Balaban J connectivity index is 2.35. The number of nitrogens with one attached hydrogen (secondary N) is 2. The van der Waals surface area contributed by atoms with Crippen molar-refractivity contribution in [2.45, 2.75) is 96.9 Å². The summed E-state index contributed by atoms with van der Waals surface area (Å²) in [7, 11) is 0. The van der Waals surface area contributed by atoms with E-state index in [4.69, 9.17) is 4.74 Å². The molecule has 1 saturated carbocycles. The van der Waals surface area contributed by atoms with Crippen molar-refractivity contribution in [3.63, 3.8) is 0 Å². The highest BCUT2D eigenvalue weighted by molar-refractivity contribution is 5.68. The first-order valence-corrected chi connectivity index (χ1v) is 8.05.